The highest BCUT2D eigenvalue weighted by atomic mass is 32.2. The number of nitrogens with zero attached hydrogens (tertiary/aromatic N) is 1. The summed E-state index contributed by atoms with van der Waals surface area (Å²) in [4.78, 5) is 31.0. The normalized spacial score (nSPS) is 12.5. The molecule has 0 radical (unpaired) electrons. The summed E-state index contributed by atoms with van der Waals surface area (Å²) in [6.07, 6.45) is 12.0. The van der Waals surface area contributed by atoms with Crippen molar-refractivity contribution in [2.45, 2.75) is 34.6 Å². The molecule has 6 nitrogen and oxygen atoms in total. The van der Waals surface area contributed by atoms with Gasteiger partial charge in [-0.3, -0.25) is 9.59 Å². The van der Waals surface area contributed by atoms with Gasteiger partial charge < -0.3 is 20.5 Å². The van der Waals surface area contributed by atoms with E-state index in [0.29, 0.717) is 29.2 Å². The Labute approximate surface area is 207 Å². The SMILES string of the molecule is C/C=C/NC(=O)C(=C\c1[nH]c(C)c(C(=O)NCCN(CC)CC)c1C)/C=C/CSC/C=C/CF. The Bertz CT molecular complexity index is 899. The van der Waals surface area contributed by atoms with E-state index in [1.807, 2.05) is 26.8 Å². The molecule has 0 saturated heterocycles. The summed E-state index contributed by atoms with van der Waals surface area (Å²) in [6.45, 7) is 12.6. The number of aryl methyl sites for hydroxylation is 1. The second-order valence-corrected chi connectivity index (χ2v) is 8.66. The Kier molecular flexibility index (Phi) is 14.7. The molecule has 0 aliphatic carbocycles. The van der Waals surface area contributed by atoms with Crippen molar-refractivity contribution in [3.05, 3.63) is 64.7 Å². The van der Waals surface area contributed by atoms with Gasteiger partial charge in [0, 0.05) is 41.6 Å². The topological polar surface area (TPSA) is 77.2 Å². The number of H-pyrrole nitrogens is 1. The quantitative estimate of drug-likeness (QED) is 0.146. The first-order valence-electron chi connectivity index (χ1n) is 11.7. The zero-order chi connectivity index (χ0) is 25.3. The number of thioether (sulfide) groups is 1. The molecule has 0 atom stereocenters. The molecule has 0 aliphatic rings. The van der Waals surface area contributed by atoms with Crippen LogP contribution in [0.3, 0.4) is 0 Å². The van der Waals surface area contributed by atoms with E-state index in [9.17, 15) is 14.0 Å². The van der Waals surface area contributed by atoms with Gasteiger partial charge in [-0.15, -0.1) is 0 Å². The van der Waals surface area contributed by atoms with Crippen LogP contribution >= 0.6 is 11.8 Å². The van der Waals surface area contributed by atoms with Gasteiger partial charge in [-0.2, -0.15) is 11.8 Å². The highest BCUT2D eigenvalue weighted by Crippen LogP contribution is 2.21. The van der Waals surface area contributed by atoms with E-state index in [4.69, 9.17) is 0 Å². The molecular formula is C26H39FN4O2S. The number of carbonyl (C=O) groups is 2. The Morgan fingerprint density at radius 1 is 1.12 bits per heavy atom. The summed E-state index contributed by atoms with van der Waals surface area (Å²) < 4.78 is 12.1. The summed E-state index contributed by atoms with van der Waals surface area (Å²) in [5, 5.41) is 5.74. The first-order chi connectivity index (χ1) is 16.4. The number of carbonyl (C=O) groups excluding carboxylic acids is 2. The van der Waals surface area contributed by atoms with Gasteiger partial charge in [-0.1, -0.05) is 44.2 Å². The van der Waals surface area contributed by atoms with E-state index in [1.54, 1.807) is 42.3 Å². The van der Waals surface area contributed by atoms with Gasteiger partial charge in [0.15, 0.2) is 0 Å². The molecule has 34 heavy (non-hydrogen) atoms. The lowest BCUT2D eigenvalue weighted by atomic mass is 10.1. The summed E-state index contributed by atoms with van der Waals surface area (Å²) >= 11 is 1.62. The molecule has 0 bridgehead atoms. The molecule has 0 spiro atoms. The van der Waals surface area contributed by atoms with E-state index < -0.39 is 6.67 Å². The maximum atomic E-state index is 12.8. The molecule has 8 heteroatoms. The van der Waals surface area contributed by atoms with Crippen molar-refractivity contribution in [1.29, 1.82) is 0 Å². The Morgan fingerprint density at radius 3 is 2.47 bits per heavy atom. The number of alkyl halides is 1. The number of nitrogens with one attached hydrogen (secondary N) is 3. The molecular weight excluding hydrogens is 451 g/mol. The summed E-state index contributed by atoms with van der Waals surface area (Å²) in [5.41, 5.74) is 3.36. The number of likely N-dealkylation sites (N-methyl/N-ethyl adjacent to an activating group) is 1. The summed E-state index contributed by atoms with van der Waals surface area (Å²) in [5.74, 6) is 1.04. The van der Waals surface area contributed by atoms with E-state index in [-0.39, 0.29) is 11.8 Å². The molecule has 1 heterocycles. The van der Waals surface area contributed by atoms with Gasteiger partial charge in [-0.05, 0) is 51.7 Å². The minimum atomic E-state index is -0.459. The van der Waals surface area contributed by atoms with E-state index in [2.05, 4.69) is 34.4 Å². The third kappa shape index (κ3) is 10.1. The highest BCUT2D eigenvalue weighted by Gasteiger charge is 2.18. The fourth-order valence-corrected chi connectivity index (χ4v) is 3.95. The third-order valence-corrected chi connectivity index (χ3v) is 6.09. The van der Waals surface area contributed by atoms with E-state index in [0.717, 1.165) is 36.6 Å². The number of aromatic nitrogens is 1. The van der Waals surface area contributed by atoms with Crippen LogP contribution in [-0.2, 0) is 4.79 Å². The molecule has 3 N–H and O–H groups in total. The Balaban J connectivity index is 3.02. The van der Waals surface area contributed by atoms with Crippen LogP contribution in [-0.4, -0.2) is 66.1 Å². The summed E-state index contributed by atoms with van der Waals surface area (Å²) in [7, 11) is 0. The maximum Gasteiger partial charge on any atom is 0.255 e. The van der Waals surface area contributed by atoms with Crippen LogP contribution in [0, 0.1) is 13.8 Å². The van der Waals surface area contributed by atoms with Crippen LogP contribution in [0.2, 0.25) is 0 Å². The minimum Gasteiger partial charge on any atom is -0.358 e. The van der Waals surface area contributed by atoms with Crippen LogP contribution in [0.4, 0.5) is 4.39 Å². The smallest absolute Gasteiger partial charge is 0.255 e. The lowest BCUT2D eigenvalue weighted by Gasteiger charge is -2.18. The number of allylic oxidation sites excluding steroid dienone is 2. The lowest BCUT2D eigenvalue weighted by Crippen LogP contribution is -2.35. The summed E-state index contributed by atoms with van der Waals surface area (Å²) in [6, 6.07) is 0. The molecule has 0 aliphatic heterocycles. The van der Waals surface area contributed by atoms with Crippen LogP contribution < -0.4 is 10.6 Å². The predicted octanol–water partition coefficient (Wildman–Crippen LogP) is 4.55. The average molecular weight is 491 g/mol. The number of halogens is 1. The van der Waals surface area contributed by atoms with Crippen LogP contribution in [0.15, 0.2) is 42.2 Å². The number of hydrogen-bond acceptors (Lipinski definition) is 4. The standard InChI is InChI=1S/C26H39FN4O2S/c1-6-14-28-25(32)22(12-11-18-34-17-10-9-13-27)19-23-20(4)24(21(5)30-23)26(33)29-15-16-31(7-2)8-3/h6,9-12,14,19,30H,7-8,13,15-18H2,1-5H3,(H,28,32)(H,29,33)/b10-9+,12-11+,14-6+,22-19-. The molecule has 0 fully saturated rings. The average Bonchev–Trinajstić information content (AvgIpc) is 3.11. The van der Waals surface area contributed by atoms with E-state index in [1.165, 1.54) is 6.08 Å². The molecule has 1 aromatic rings. The number of amides is 2. The lowest BCUT2D eigenvalue weighted by molar-refractivity contribution is -0.116. The van der Waals surface area contributed by atoms with Gasteiger partial charge in [-0.25, -0.2) is 4.39 Å². The number of aromatic amines is 1. The second-order valence-electron chi connectivity index (χ2n) is 7.59. The van der Waals surface area contributed by atoms with Crippen LogP contribution in [0.25, 0.3) is 6.08 Å². The van der Waals surface area contributed by atoms with Crippen molar-refractivity contribution in [3.63, 3.8) is 0 Å². The molecule has 188 valence electrons. The first kappa shape index (κ1) is 29.5. The number of rotatable bonds is 15. The van der Waals surface area contributed by atoms with Crippen molar-refractivity contribution in [3.8, 4) is 0 Å². The van der Waals surface area contributed by atoms with Gasteiger partial charge in [0.2, 0.25) is 0 Å². The van der Waals surface area contributed by atoms with Crippen LogP contribution in [0.5, 0.6) is 0 Å². The monoisotopic (exact) mass is 490 g/mol. The van der Waals surface area contributed by atoms with Crippen molar-refractivity contribution >= 4 is 29.7 Å². The van der Waals surface area contributed by atoms with Crippen molar-refractivity contribution in [1.82, 2.24) is 20.5 Å². The molecule has 0 unspecified atom stereocenters. The van der Waals surface area contributed by atoms with Crippen LogP contribution in [0.1, 0.15) is 48.1 Å². The fraction of sp³-hybridized carbons (Fsp3) is 0.462. The van der Waals surface area contributed by atoms with Gasteiger partial charge in [0.1, 0.15) is 6.67 Å². The number of hydrogen-bond donors (Lipinski definition) is 3. The Hall–Kier alpha value is -2.58. The van der Waals surface area contributed by atoms with Gasteiger partial charge in [0.05, 0.1) is 5.56 Å². The largest absolute Gasteiger partial charge is 0.358 e. The zero-order valence-corrected chi connectivity index (χ0v) is 21.9. The first-order valence-corrected chi connectivity index (χ1v) is 12.8. The molecule has 0 aromatic carbocycles. The van der Waals surface area contributed by atoms with Gasteiger partial charge in [0.25, 0.3) is 11.8 Å². The molecule has 1 rings (SSSR count). The fourth-order valence-electron chi connectivity index (χ4n) is 3.31. The Morgan fingerprint density at radius 2 is 1.82 bits per heavy atom. The molecule has 0 saturated carbocycles. The van der Waals surface area contributed by atoms with Crippen molar-refractivity contribution in [2.24, 2.45) is 0 Å². The van der Waals surface area contributed by atoms with Crippen molar-refractivity contribution in [2.75, 3.05) is 44.4 Å². The van der Waals surface area contributed by atoms with Crippen molar-refractivity contribution < 1.29 is 14.0 Å². The van der Waals surface area contributed by atoms with Gasteiger partial charge >= 0.3 is 0 Å². The molecule has 1 aromatic heterocycles. The zero-order valence-electron chi connectivity index (χ0n) is 21.0. The third-order valence-electron chi connectivity index (χ3n) is 5.24. The minimum absolute atomic E-state index is 0.119. The molecule has 2 amide bonds. The highest BCUT2D eigenvalue weighted by molar-refractivity contribution is 7.99. The van der Waals surface area contributed by atoms with E-state index >= 15 is 0 Å². The predicted molar refractivity (Wildman–Crippen MR) is 143 cm³/mol. The maximum absolute atomic E-state index is 12.8. The second kappa shape index (κ2) is 16.9.